The molecule has 0 fully saturated rings. The Hall–Kier alpha value is -0.870. The van der Waals surface area contributed by atoms with Crippen molar-refractivity contribution < 1.29 is 14.8 Å². The van der Waals surface area contributed by atoms with Gasteiger partial charge in [0, 0.05) is 34.6 Å². The SMILES string of the molecule is O=C(NCCSCCCO)c1cc([N+](=O)[O-])ccc1I. The fourth-order valence-electron chi connectivity index (χ4n) is 1.40. The Balaban J connectivity index is 2.50. The zero-order valence-corrected chi connectivity index (χ0v) is 13.6. The monoisotopic (exact) mass is 410 g/mol. The minimum atomic E-state index is -0.516. The van der Waals surface area contributed by atoms with Crippen LogP contribution in [-0.4, -0.2) is 40.6 Å². The number of thioether (sulfide) groups is 1. The number of aliphatic hydroxyl groups excluding tert-OH is 1. The fraction of sp³-hybridized carbons (Fsp3) is 0.417. The van der Waals surface area contributed by atoms with E-state index in [0.717, 1.165) is 17.9 Å². The molecule has 0 aliphatic rings. The second kappa shape index (κ2) is 9.14. The molecule has 110 valence electrons. The molecule has 0 aliphatic carbocycles. The van der Waals surface area contributed by atoms with Crippen LogP contribution in [0, 0.1) is 13.7 Å². The smallest absolute Gasteiger partial charge is 0.270 e. The van der Waals surface area contributed by atoms with E-state index in [1.54, 1.807) is 17.8 Å². The van der Waals surface area contributed by atoms with Crippen molar-refractivity contribution in [3.8, 4) is 0 Å². The van der Waals surface area contributed by atoms with Crippen molar-refractivity contribution in [2.24, 2.45) is 0 Å². The van der Waals surface area contributed by atoms with Crippen LogP contribution in [0.4, 0.5) is 5.69 Å². The highest BCUT2D eigenvalue weighted by Crippen LogP contribution is 2.19. The second-order valence-corrected chi connectivity index (χ2v) is 6.25. The molecule has 6 nitrogen and oxygen atoms in total. The number of nitrogens with zero attached hydrogens (tertiary/aromatic N) is 1. The number of hydrogen-bond acceptors (Lipinski definition) is 5. The van der Waals surface area contributed by atoms with Crippen LogP contribution in [0.3, 0.4) is 0 Å². The number of rotatable bonds is 8. The molecule has 0 saturated heterocycles. The van der Waals surface area contributed by atoms with E-state index in [2.05, 4.69) is 5.32 Å². The number of aliphatic hydroxyl groups is 1. The van der Waals surface area contributed by atoms with Gasteiger partial charge in [0.25, 0.3) is 11.6 Å². The molecule has 0 saturated carbocycles. The number of carbonyl (C=O) groups is 1. The molecule has 2 N–H and O–H groups in total. The fourth-order valence-corrected chi connectivity index (χ4v) is 2.77. The molecule has 1 rings (SSSR count). The Labute approximate surface area is 134 Å². The van der Waals surface area contributed by atoms with Crippen LogP contribution in [0.2, 0.25) is 0 Å². The molecule has 20 heavy (non-hydrogen) atoms. The van der Waals surface area contributed by atoms with Crippen molar-refractivity contribution in [2.45, 2.75) is 6.42 Å². The van der Waals surface area contributed by atoms with Gasteiger partial charge in [0.05, 0.1) is 10.5 Å². The van der Waals surface area contributed by atoms with Crippen molar-refractivity contribution in [1.82, 2.24) is 5.32 Å². The van der Waals surface area contributed by atoms with Crippen LogP contribution in [0.25, 0.3) is 0 Å². The summed E-state index contributed by atoms with van der Waals surface area (Å²) in [6.45, 7) is 0.666. The summed E-state index contributed by atoms with van der Waals surface area (Å²) in [5, 5.41) is 22.1. The number of nitro benzene ring substituents is 1. The molecule has 1 aromatic carbocycles. The van der Waals surface area contributed by atoms with E-state index in [0.29, 0.717) is 15.7 Å². The number of non-ortho nitro benzene ring substituents is 1. The van der Waals surface area contributed by atoms with Gasteiger partial charge in [-0.3, -0.25) is 14.9 Å². The maximum Gasteiger partial charge on any atom is 0.270 e. The Morgan fingerprint density at radius 2 is 2.20 bits per heavy atom. The minimum Gasteiger partial charge on any atom is -0.396 e. The van der Waals surface area contributed by atoms with Crippen LogP contribution in [-0.2, 0) is 0 Å². The van der Waals surface area contributed by atoms with Crippen molar-refractivity contribution >= 4 is 45.9 Å². The molecule has 8 heteroatoms. The van der Waals surface area contributed by atoms with Gasteiger partial charge in [-0.15, -0.1) is 0 Å². The third-order valence-electron chi connectivity index (χ3n) is 2.38. The number of benzene rings is 1. The van der Waals surface area contributed by atoms with Crippen molar-refractivity contribution in [1.29, 1.82) is 0 Å². The van der Waals surface area contributed by atoms with E-state index in [1.807, 2.05) is 22.6 Å². The highest BCUT2D eigenvalue weighted by molar-refractivity contribution is 14.1. The van der Waals surface area contributed by atoms with Gasteiger partial charge >= 0.3 is 0 Å². The molecule has 1 aromatic rings. The summed E-state index contributed by atoms with van der Waals surface area (Å²) < 4.78 is 0.679. The Morgan fingerprint density at radius 1 is 1.45 bits per heavy atom. The lowest BCUT2D eigenvalue weighted by Gasteiger charge is -2.06. The standard InChI is InChI=1S/C12H15IN2O4S/c13-11-3-2-9(15(18)19)8-10(11)12(17)14-4-7-20-6-1-5-16/h2-3,8,16H,1,4-7H2,(H,14,17). The van der Waals surface area contributed by atoms with Crippen molar-refractivity contribution in [3.63, 3.8) is 0 Å². The summed E-state index contributed by atoms with van der Waals surface area (Å²) in [6.07, 6.45) is 0.737. The average Bonchev–Trinajstić information content (AvgIpc) is 2.42. The van der Waals surface area contributed by atoms with E-state index in [9.17, 15) is 14.9 Å². The highest BCUT2D eigenvalue weighted by atomic mass is 127. The zero-order valence-electron chi connectivity index (χ0n) is 10.7. The van der Waals surface area contributed by atoms with Gasteiger partial charge in [0.1, 0.15) is 0 Å². The summed E-state index contributed by atoms with van der Waals surface area (Å²) in [6, 6.07) is 4.23. The zero-order chi connectivity index (χ0) is 15.0. The average molecular weight is 410 g/mol. The van der Waals surface area contributed by atoms with E-state index < -0.39 is 4.92 Å². The van der Waals surface area contributed by atoms with Crippen LogP contribution in [0.1, 0.15) is 16.8 Å². The van der Waals surface area contributed by atoms with E-state index in [1.165, 1.54) is 12.1 Å². The largest absolute Gasteiger partial charge is 0.396 e. The highest BCUT2D eigenvalue weighted by Gasteiger charge is 2.14. The maximum atomic E-state index is 11.9. The van der Waals surface area contributed by atoms with Crippen molar-refractivity contribution in [2.75, 3.05) is 24.7 Å². The molecule has 0 radical (unpaired) electrons. The summed E-state index contributed by atoms with van der Waals surface area (Å²) in [7, 11) is 0. The first-order chi connectivity index (χ1) is 9.56. The minimum absolute atomic E-state index is 0.0899. The van der Waals surface area contributed by atoms with Gasteiger partial charge in [-0.2, -0.15) is 11.8 Å². The predicted molar refractivity (Wildman–Crippen MR) is 87.2 cm³/mol. The quantitative estimate of drug-likeness (QED) is 0.296. The first-order valence-electron chi connectivity index (χ1n) is 5.97. The van der Waals surface area contributed by atoms with Crippen LogP contribution < -0.4 is 5.32 Å². The molecule has 0 spiro atoms. The van der Waals surface area contributed by atoms with E-state index in [4.69, 9.17) is 5.11 Å². The summed E-state index contributed by atoms with van der Waals surface area (Å²) in [5.41, 5.74) is 0.230. The molecule has 0 heterocycles. The van der Waals surface area contributed by atoms with Gasteiger partial charge in [0.2, 0.25) is 0 Å². The molecule has 0 aromatic heterocycles. The normalized spacial score (nSPS) is 10.3. The Morgan fingerprint density at radius 3 is 2.85 bits per heavy atom. The summed E-state index contributed by atoms with van der Waals surface area (Å²) in [5.74, 6) is 1.29. The summed E-state index contributed by atoms with van der Waals surface area (Å²) in [4.78, 5) is 22.1. The van der Waals surface area contributed by atoms with Gasteiger partial charge in [-0.05, 0) is 40.8 Å². The first-order valence-corrected chi connectivity index (χ1v) is 8.20. The van der Waals surface area contributed by atoms with Gasteiger partial charge in [-0.1, -0.05) is 0 Å². The molecule has 0 bridgehead atoms. The molecule has 0 atom stereocenters. The Kier molecular flexibility index (Phi) is 7.85. The number of nitro groups is 1. The molecular formula is C12H15IN2O4S. The van der Waals surface area contributed by atoms with Crippen LogP contribution in [0.5, 0.6) is 0 Å². The van der Waals surface area contributed by atoms with Crippen LogP contribution in [0.15, 0.2) is 18.2 Å². The van der Waals surface area contributed by atoms with E-state index >= 15 is 0 Å². The number of hydrogen-bond donors (Lipinski definition) is 2. The number of carbonyl (C=O) groups excluding carboxylic acids is 1. The lowest BCUT2D eigenvalue weighted by atomic mass is 10.2. The number of halogens is 1. The maximum absolute atomic E-state index is 11.9. The van der Waals surface area contributed by atoms with E-state index in [-0.39, 0.29) is 18.2 Å². The number of amides is 1. The van der Waals surface area contributed by atoms with Gasteiger partial charge < -0.3 is 10.4 Å². The lowest BCUT2D eigenvalue weighted by Crippen LogP contribution is -2.26. The third kappa shape index (κ3) is 5.63. The van der Waals surface area contributed by atoms with Crippen molar-refractivity contribution in [3.05, 3.63) is 37.4 Å². The second-order valence-electron chi connectivity index (χ2n) is 3.87. The molecule has 1 amide bonds. The third-order valence-corrected chi connectivity index (χ3v) is 4.39. The van der Waals surface area contributed by atoms with Crippen LogP contribution >= 0.6 is 34.4 Å². The molecule has 0 aliphatic heterocycles. The van der Waals surface area contributed by atoms with Gasteiger partial charge in [0.15, 0.2) is 0 Å². The first kappa shape index (κ1) is 17.2. The topological polar surface area (TPSA) is 92.5 Å². The molecule has 0 unspecified atom stereocenters. The lowest BCUT2D eigenvalue weighted by molar-refractivity contribution is -0.384. The number of nitrogens with one attached hydrogen (secondary N) is 1. The van der Waals surface area contributed by atoms with Gasteiger partial charge in [-0.25, -0.2) is 0 Å². The molecular weight excluding hydrogens is 395 g/mol. The predicted octanol–water partition coefficient (Wildman–Crippen LogP) is 2.04. The Bertz CT molecular complexity index is 485. The summed E-state index contributed by atoms with van der Waals surface area (Å²) >= 11 is 3.62.